The van der Waals surface area contributed by atoms with Crippen molar-refractivity contribution in [1.29, 1.82) is 0 Å². The quantitative estimate of drug-likeness (QED) is 0.221. The van der Waals surface area contributed by atoms with Crippen molar-refractivity contribution in [1.82, 2.24) is 19.5 Å². The fraction of sp³-hybridized carbons (Fsp3) is 0. The number of benzene rings is 6. The molecule has 0 amide bonds. The molecule has 43 heavy (non-hydrogen) atoms. The highest BCUT2D eigenvalue weighted by Crippen LogP contribution is 2.35. The Morgan fingerprint density at radius 1 is 0.442 bits per heavy atom. The molecule has 0 atom stereocenters. The predicted octanol–water partition coefficient (Wildman–Crippen LogP) is 9.76. The Bertz CT molecular complexity index is 2510. The summed E-state index contributed by atoms with van der Waals surface area (Å²) in [5, 5.41) is 8.19. The van der Waals surface area contributed by atoms with E-state index in [-0.39, 0.29) is 0 Å². The average molecular weight is 549 g/mol. The molecule has 0 spiro atoms. The summed E-state index contributed by atoms with van der Waals surface area (Å²) in [6.07, 6.45) is 1.95. The Morgan fingerprint density at radius 3 is 1.93 bits per heavy atom. The second-order valence-corrected chi connectivity index (χ2v) is 11.0. The molecule has 0 bridgehead atoms. The van der Waals surface area contributed by atoms with E-state index < -0.39 is 0 Å². The fourth-order valence-corrected chi connectivity index (χ4v) is 6.30. The molecule has 0 unspecified atom stereocenters. The number of para-hydroxylation sites is 2. The summed E-state index contributed by atoms with van der Waals surface area (Å²) in [6, 6.07) is 48.9. The molecule has 9 aromatic rings. The molecule has 0 aliphatic rings. The summed E-state index contributed by atoms with van der Waals surface area (Å²) in [6.45, 7) is 0. The number of pyridine rings is 1. The van der Waals surface area contributed by atoms with E-state index in [1.54, 1.807) is 0 Å². The fourth-order valence-electron chi connectivity index (χ4n) is 6.30. The Kier molecular flexibility index (Phi) is 5.16. The number of fused-ring (bicyclic) bond motifs is 6. The molecule has 0 saturated heterocycles. The minimum Gasteiger partial charge on any atom is -0.278 e. The molecule has 6 aromatic carbocycles. The molecule has 0 saturated carbocycles. The second-order valence-electron chi connectivity index (χ2n) is 11.0. The van der Waals surface area contributed by atoms with Crippen molar-refractivity contribution in [2.45, 2.75) is 0 Å². The van der Waals surface area contributed by atoms with E-state index in [0.29, 0.717) is 5.95 Å². The van der Waals surface area contributed by atoms with Gasteiger partial charge in [0.05, 0.1) is 22.2 Å². The molecule has 3 heterocycles. The minimum absolute atomic E-state index is 0.635. The van der Waals surface area contributed by atoms with Crippen LogP contribution in [0.5, 0.6) is 0 Å². The van der Waals surface area contributed by atoms with Crippen molar-refractivity contribution in [3.05, 3.63) is 146 Å². The van der Waals surface area contributed by atoms with Crippen LogP contribution < -0.4 is 0 Å². The first-order valence-electron chi connectivity index (χ1n) is 14.4. The standard InChI is InChI=1S/C39H24N4/c1-2-10-26-21-29(18-17-25(26)9-1)30-19-20-35(40-24-30)38-32-14-5-7-15-34(32)41-39(42-38)43-36-16-8-6-13-31(36)33-22-27-11-3-4-12-28(27)23-37(33)43/h1-24H. The summed E-state index contributed by atoms with van der Waals surface area (Å²) in [5.41, 5.74) is 6.89. The first-order valence-corrected chi connectivity index (χ1v) is 14.4. The summed E-state index contributed by atoms with van der Waals surface area (Å²) < 4.78 is 2.19. The summed E-state index contributed by atoms with van der Waals surface area (Å²) in [7, 11) is 0. The van der Waals surface area contributed by atoms with Crippen LogP contribution in [0.4, 0.5) is 0 Å². The third kappa shape index (κ3) is 3.81. The molecule has 0 radical (unpaired) electrons. The van der Waals surface area contributed by atoms with Crippen LogP contribution in [-0.2, 0) is 0 Å². The van der Waals surface area contributed by atoms with Gasteiger partial charge in [0.1, 0.15) is 5.69 Å². The van der Waals surface area contributed by atoms with Crippen LogP contribution in [0.2, 0.25) is 0 Å². The van der Waals surface area contributed by atoms with E-state index >= 15 is 0 Å². The van der Waals surface area contributed by atoms with Gasteiger partial charge in [-0.15, -0.1) is 0 Å². The molecule has 0 aliphatic carbocycles. The van der Waals surface area contributed by atoms with Crippen LogP contribution in [0, 0.1) is 0 Å². The SMILES string of the molecule is c1ccc2cc(-c3ccc(-c4nc(-n5c6ccccc6c6cc7ccccc7cc65)nc5ccccc45)nc3)ccc2c1. The third-order valence-corrected chi connectivity index (χ3v) is 8.42. The molecule has 4 heteroatoms. The van der Waals surface area contributed by atoms with Crippen molar-refractivity contribution >= 4 is 54.3 Å². The predicted molar refractivity (Wildman–Crippen MR) is 178 cm³/mol. The van der Waals surface area contributed by atoms with Gasteiger partial charge in [0.25, 0.3) is 0 Å². The topological polar surface area (TPSA) is 43.6 Å². The van der Waals surface area contributed by atoms with Crippen molar-refractivity contribution in [2.24, 2.45) is 0 Å². The number of nitrogens with zero attached hydrogens (tertiary/aromatic N) is 4. The molecule has 200 valence electrons. The van der Waals surface area contributed by atoms with Gasteiger partial charge in [-0.25, -0.2) is 9.97 Å². The Labute approximate surface area is 247 Å². The highest BCUT2D eigenvalue weighted by atomic mass is 15.2. The maximum Gasteiger partial charge on any atom is 0.235 e. The second kappa shape index (κ2) is 9.33. The molecule has 0 fully saturated rings. The van der Waals surface area contributed by atoms with Crippen molar-refractivity contribution in [3.63, 3.8) is 0 Å². The minimum atomic E-state index is 0.635. The lowest BCUT2D eigenvalue weighted by Crippen LogP contribution is -2.04. The van der Waals surface area contributed by atoms with E-state index in [4.69, 9.17) is 15.0 Å². The van der Waals surface area contributed by atoms with Gasteiger partial charge in [0, 0.05) is 27.9 Å². The van der Waals surface area contributed by atoms with Crippen LogP contribution in [-0.4, -0.2) is 19.5 Å². The highest BCUT2D eigenvalue weighted by molar-refractivity contribution is 6.13. The Balaban J connectivity index is 1.25. The van der Waals surface area contributed by atoms with Crippen LogP contribution in [0.15, 0.2) is 146 Å². The van der Waals surface area contributed by atoms with E-state index in [2.05, 4.69) is 132 Å². The normalized spacial score (nSPS) is 11.7. The van der Waals surface area contributed by atoms with Gasteiger partial charge in [-0.3, -0.25) is 9.55 Å². The zero-order valence-corrected chi connectivity index (χ0v) is 23.1. The third-order valence-electron chi connectivity index (χ3n) is 8.42. The first kappa shape index (κ1) is 23.8. The van der Waals surface area contributed by atoms with Gasteiger partial charge >= 0.3 is 0 Å². The first-order chi connectivity index (χ1) is 21.3. The Hall–Kier alpha value is -5.87. The van der Waals surface area contributed by atoms with Crippen LogP contribution >= 0.6 is 0 Å². The lowest BCUT2D eigenvalue weighted by atomic mass is 10.0. The lowest BCUT2D eigenvalue weighted by Gasteiger charge is -2.12. The van der Waals surface area contributed by atoms with Gasteiger partial charge < -0.3 is 0 Å². The average Bonchev–Trinajstić information content (AvgIpc) is 3.39. The maximum absolute atomic E-state index is 5.23. The molecule has 0 aliphatic heterocycles. The van der Waals surface area contributed by atoms with Crippen molar-refractivity contribution in [3.8, 4) is 28.5 Å². The molecule has 0 N–H and O–H groups in total. The van der Waals surface area contributed by atoms with E-state index in [9.17, 15) is 0 Å². The summed E-state index contributed by atoms with van der Waals surface area (Å²) in [5.74, 6) is 0.635. The van der Waals surface area contributed by atoms with Gasteiger partial charge in [0.15, 0.2) is 0 Å². The molecule has 4 nitrogen and oxygen atoms in total. The van der Waals surface area contributed by atoms with Crippen molar-refractivity contribution in [2.75, 3.05) is 0 Å². The zero-order valence-electron chi connectivity index (χ0n) is 23.1. The molecule has 9 rings (SSSR count). The monoisotopic (exact) mass is 548 g/mol. The van der Waals surface area contributed by atoms with E-state index in [0.717, 1.165) is 44.5 Å². The van der Waals surface area contributed by atoms with Gasteiger partial charge in [-0.2, -0.15) is 0 Å². The maximum atomic E-state index is 5.23. The van der Waals surface area contributed by atoms with Crippen molar-refractivity contribution < 1.29 is 0 Å². The molecule has 3 aromatic heterocycles. The number of aromatic nitrogens is 4. The smallest absolute Gasteiger partial charge is 0.235 e. The van der Waals surface area contributed by atoms with Crippen LogP contribution in [0.1, 0.15) is 0 Å². The number of hydrogen-bond donors (Lipinski definition) is 0. The summed E-state index contributed by atoms with van der Waals surface area (Å²) in [4.78, 5) is 15.3. The zero-order chi connectivity index (χ0) is 28.3. The van der Waals surface area contributed by atoms with Gasteiger partial charge in [-0.05, 0) is 63.5 Å². The largest absolute Gasteiger partial charge is 0.278 e. The van der Waals surface area contributed by atoms with Crippen LogP contribution in [0.25, 0.3) is 82.7 Å². The van der Waals surface area contributed by atoms with Gasteiger partial charge in [0.2, 0.25) is 5.95 Å². The molecular formula is C39H24N4. The lowest BCUT2D eigenvalue weighted by molar-refractivity contribution is 1.01. The number of hydrogen-bond acceptors (Lipinski definition) is 3. The number of rotatable bonds is 3. The Morgan fingerprint density at radius 2 is 1.12 bits per heavy atom. The summed E-state index contributed by atoms with van der Waals surface area (Å²) >= 11 is 0. The van der Waals surface area contributed by atoms with E-state index in [1.165, 1.54) is 32.3 Å². The molecular weight excluding hydrogens is 524 g/mol. The highest BCUT2D eigenvalue weighted by Gasteiger charge is 2.18. The van der Waals surface area contributed by atoms with E-state index in [1.807, 2.05) is 18.3 Å². The van der Waals surface area contributed by atoms with Crippen LogP contribution in [0.3, 0.4) is 0 Å². The van der Waals surface area contributed by atoms with Gasteiger partial charge in [-0.1, -0.05) is 103 Å².